The number of guanidine groups is 1. The molecule has 3 N–H and O–H groups in total. The standard InChI is InChI=1S/C21H32N4O2.HI/c1-2-22-21(24-17-8-12-19(26)13-9-17)23-15-16-6-10-18(11-7-16)25-14-4-3-5-20(25)27;/h6-7,10-11,17,19,26H,2-5,8-9,12-15H2,1H3,(H2,22,23,24);1H. The van der Waals surface area contributed by atoms with Crippen LogP contribution < -0.4 is 15.5 Å². The number of anilines is 1. The third kappa shape index (κ3) is 6.62. The molecule has 1 aromatic carbocycles. The van der Waals surface area contributed by atoms with Crippen LogP contribution in [-0.2, 0) is 11.3 Å². The topological polar surface area (TPSA) is 77.0 Å². The molecule has 0 spiro atoms. The van der Waals surface area contributed by atoms with E-state index in [2.05, 4.69) is 29.7 Å². The molecule has 1 saturated carbocycles. The fraction of sp³-hybridized carbons (Fsp3) is 0.619. The number of aliphatic hydroxyl groups excluding tert-OH is 1. The highest BCUT2D eigenvalue weighted by Crippen LogP contribution is 2.21. The van der Waals surface area contributed by atoms with Gasteiger partial charge in [0.15, 0.2) is 5.96 Å². The van der Waals surface area contributed by atoms with Gasteiger partial charge in [-0.15, -0.1) is 24.0 Å². The first-order valence-electron chi connectivity index (χ1n) is 10.3. The predicted molar refractivity (Wildman–Crippen MR) is 124 cm³/mol. The maximum absolute atomic E-state index is 12.0. The fourth-order valence-corrected chi connectivity index (χ4v) is 3.76. The summed E-state index contributed by atoms with van der Waals surface area (Å²) >= 11 is 0. The van der Waals surface area contributed by atoms with Gasteiger partial charge >= 0.3 is 0 Å². The minimum absolute atomic E-state index is 0. The summed E-state index contributed by atoms with van der Waals surface area (Å²) in [5.74, 6) is 1.05. The van der Waals surface area contributed by atoms with Crippen molar-refractivity contribution < 1.29 is 9.90 Å². The molecule has 0 unspecified atom stereocenters. The number of halogens is 1. The molecule has 2 fully saturated rings. The van der Waals surface area contributed by atoms with Crippen molar-refractivity contribution in [2.24, 2.45) is 4.99 Å². The Morgan fingerprint density at radius 1 is 1.18 bits per heavy atom. The van der Waals surface area contributed by atoms with Crippen molar-refractivity contribution in [1.29, 1.82) is 0 Å². The van der Waals surface area contributed by atoms with Crippen LogP contribution in [-0.4, -0.2) is 42.2 Å². The number of aliphatic hydroxyl groups is 1. The normalized spacial score (nSPS) is 23.1. The fourth-order valence-electron chi connectivity index (χ4n) is 3.76. The molecular weight excluding hydrogens is 467 g/mol. The van der Waals surface area contributed by atoms with Crippen LogP contribution in [0.3, 0.4) is 0 Å². The summed E-state index contributed by atoms with van der Waals surface area (Å²) in [6.07, 6.45) is 6.25. The summed E-state index contributed by atoms with van der Waals surface area (Å²) < 4.78 is 0. The summed E-state index contributed by atoms with van der Waals surface area (Å²) in [5, 5.41) is 16.4. The van der Waals surface area contributed by atoms with Crippen LogP contribution in [0.1, 0.15) is 57.4 Å². The zero-order chi connectivity index (χ0) is 19.1. The van der Waals surface area contributed by atoms with E-state index in [-0.39, 0.29) is 36.0 Å². The third-order valence-electron chi connectivity index (χ3n) is 5.37. The molecule has 0 aromatic heterocycles. The number of nitrogens with zero attached hydrogens (tertiary/aromatic N) is 2. The molecule has 0 radical (unpaired) electrons. The number of carbonyl (C=O) groups excluding carboxylic acids is 1. The van der Waals surface area contributed by atoms with Gasteiger partial charge in [0.1, 0.15) is 0 Å². The van der Waals surface area contributed by atoms with Crippen molar-refractivity contribution >= 4 is 41.5 Å². The number of aliphatic imine (C=N–C) groups is 1. The molecule has 1 aliphatic carbocycles. The summed E-state index contributed by atoms with van der Waals surface area (Å²) in [4.78, 5) is 18.6. The van der Waals surface area contributed by atoms with Gasteiger partial charge in [0.05, 0.1) is 12.6 Å². The monoisotopic (exact) mass is 500 g/mol. The molecule has 0 atom stereocenters. The Bertz CT molecular complexity index is 642. The van der Waals surface area contributed by atoms with Gasteiger partial charge in [-0.25, -0.2) is 4.99 Å². The Morgan fingerprint density at radius 2 is 1.89 bits per heavy atom. The molecule has 1 aromatic rings. The lowest BCUT2D eigenvalue weighted by Crippen LogP contribution is -2.45. The zero-order valence-corrected chi connectivity index (χ0v) is 19.0. The highest BCUT2D eigenvalue weighted by molar-refractivity contribution is 14.0. The number of piperidine rings is 1. The number of rotatable bonds is 5. The van der Waals surface area contributed by atoms with Crippen LogP contribution >= 0.6 is 24.0 Å². The average Bonchev–Trinajstić information content (AvgIpc) is 2.69. The summed E-state index contributed by atoms with van der Waals surface area (Å²) in [5.41, 5.74) is 2.11. The largest absolute Gasteiger partial charge is 0.393 e. The molecule has 28 heavy (non-hydrogen) atoms. The summed E-state index contributed by atoms with van der Waals surface area (Å²) in [6.45, 7) is 4.29. The lowest BCUT2D eigenvalue weighted by atomic mass is 9.93. The molecule has 156 valence electrons. The number of amides is 1. The maximum atomic E-state index is 12.0. The predicted octanol–water partition coefficient (Wildman–Crippen LogP) is 3.18. The smallest absolute Gasteiger partial charge is 0.226 e. The van der Waals surface area contributed by atoms with Crippen LogP contribution in [0.25, 0.3) is 0 Å². The summed E-state index contributed by atoms with van der Waals surface area (Å²) in [6, 6.07) is 8.54. The molecular formula is C21H33IN4O2. The van der Waals surface area contributed by atoms with Gasteiger partial charge in [0, 0.05) is 31.2 Å². The van der Waals surface area contributed by atoms with E-state index >= 15 is 0 Å². The molecule has 1 heterocycles. The van der Waals surface area contributed by atoms with E-state index in [1.807, 2.05) is 17.0 Å². The molecule has 1 aliphatic heterocycles. The van der Waals surface area contributed by atoms with Crippen molar-refractivity contribution in [2.45, 2.75) is 70.6 Å². The number of benzene rings is 1. The number of hydrogen-bond donors (Lipinski definition) is 3. The molecule has 3 rings (SSSR count). The van der Waals surface area contributed by atoms with Gasteiger partial charge in [-0.1, -0.05) is 12.1 Å². The first-order chi connectivity index (χ1) is 13.2. The van der Waals surface area contributed by atoms with Crippen molar-refractivity contribution in [3.63, 3.8) is 0 Å². The van der Waals surface area contributed by atoms with Gasteiger partial charge in [0.2, 0.25) is 5.91 Å². The van der Waals surface area contributed by atoms with Gasteiger partial charge in [-0.05, 0) is 63.1 Å². The second-order valence-electron chi connectivity index (χ2n) is 7.51. The van der Waals surface area contributed by atoms with E-state index in [1.165, 1.54) is 0 Å². The second-order valence-corrected chi connectivity index (χ2v) is 7.51. The minimum atomic E-state index is -0.145. The number of nitrogens with one attached hydrogen (secondary N) is 2. The van der Waals surface area contributed by atoms with E-state index in [1.54, 1.807) is 0 Å². The SMILES string of the molecule is CCNC(=NCc1ccc(N2CCCCC2=O)cc1)NC1CCC(O)CC1.I. The van der Waals surface area contributed by atoms with Crippen molar-refractivity contribution in [1.82, 2.24) is 10.6 Å². The van der Waals surface area contributed by atoms with Crippen LogP contribution in [0.2, 0.25) is 0 Å². The van der Waals surface area contributed by atoms with Crippen molar-refractivity contribution in [3.05, 3.63) is 29.8 Å². The van der Waals surface area contributed by atoms with E-state index in [9.17, 15) is 9.90 Å². The summed E-state index contributed by atoms with van der Waals surface area (Å²) in [7, 11) is 0. The van der Waals surface area contributed by atoms with Gasteiger partial charge in [-0.2, -0.15) is 0 Å². The lowest BCUT2D eigenvalue weighted by molar-refractivity contribution is -0.119. The van der Waals surface area contributed by atoms with Gasteiger partial charge < -0.3 is 20.6 Å². The zero-order valence-electron chi connectivity index (χ0n) is 16.7. The molecule has 0 bridgehead atoms. The average molecular weight is 500 g/mol. The van der Waals surface area contributed by atoms with Crippen LogP contribution in [0.4, 0.5) is 5.69 Å². The number of carbonyl (C=O) groups is 1. The minimum Gasteiger partial charge on any atom is -0.393 e. The van der Waals surface area contributed by atoms with E-state index in [0.29, 0.717) is 19.0 Å². The Kier molecular flexibility index (Phi) is 9.50. The Morgan fingerprint density at radius 3 is 2.54 bits per heavy atom. The van der Waals surface area contributed by atoms with Crippen LogP contribution in [0.5, 0.6) is 0 Å². The quantitative estimate of drug-likeness (QED) is 0.330. The second kappa shape index (κ2) is 11.6. The molecule has 2 aliphatic rings. The Balaban J connectivity index is 0.00000280. The molecule has 1 saturated heterocycles. The molecule has 1 amide bonds. The van der Waals surface area contributed by atoms with Crippen molar-refractivity contribution in [2.75, 3.05) is 18.0 Å². The third-order valence-corrected chi connectivity index (χ3v) is 5.37. The highest BCUT2D eigenvalue weighted by Gasteiger charge is 2.20. The Labute approximate surface area is 185 Å². The van der Waals surface area contributed by atoms with E-state index in [0.717, 1.165) is 68.8 Å². The van der Waals surface area contributed by atoms with E-state index < -0.39 is 0 Å². The number of hydrogen-bond acceptors (Lipinski definition) is 3. The van der Waals surface area contributed by atoms with Crippen molar-refractivity contribution in [3.8, 4) is 0 Å². The van der Waals surface area contributed by atoms with Gasteiger partial charge in [0.25, 0.3) is 0 Å². The first-order valence-corrected chi connectivity index (χ1v) is 10.3. The van der Waals surface area contributed by atoms with Crippen LogP contribution in [0, 0.1) is 0 Å². The first kappa shape index (κ1) is 22.9. The molecule has 6 nitrogen and oxygen atoms in total. The van der Waals surface area contributed by atoms with Gasteiger partial charge in [-0.3, -0.25) is 4.79 Å². The maximum Gasteiger partial charge on any atom is 0.226 e. The highest BCUT2D eigenvalue weighted by atomic mass is 127. The molecule has 7 heteroatoms. The lowest BCUT2D eigenvalue weighted by Gasteiger charge is -2.27. The van der Waals surface area contributed by atoms with E-state index in [4.69, 9.17) is 4.99 Å². The Hall–Kier alpha value is -1.35. The van der Waals surface area contributed by atoms with Crippen LogP contribution in [0.15, 0.2) is 29.3 Å².